The van der Waals surface area contributed by atoms with Gasteiger partial charge in [-0.05, 0) is 31.5 Å². The summed E-state index contributed by atoms with van der Waals surface area (Å²) >= 11 is 0. The number of nitrogens with zero attached hydrogens (tertiary/aromatic N) is 1. The predicted octanol–water partition coefficient (Wildman–Crippen LogP) is 2.05. The van der Waals surface area contributed by atoms with Gasteiger partial charge in [0, 0.05) is 18.3 Å². The lowest BCUT2D eigenvalue weighted by atomic mass is 9.99. The van der Waals surface area contributed by atoms with Gasteiger partial charge in [-0.3, -0.25) is 4.79 Å². The van der Waals surface area contributed by atoms with Crippen molar-refractivity contribution in [2.75, 3.05) is 0 Å². The van der Waals surface area contributed by atoms with Crippen molar-refractivity contribution in [1.82, 2.24) is 4.57 Å². The van der Waals surface area contributed by atoms with Crippen molar-refractivity contribution in [3.05, 3.63) is 69.1 Å². The number of hydrogen-bond acceptors (Lipinski definition) is 2. The van der Waals surface area contributed by atoms with E-state index in [0.717, 1.165) is 11.3 Å². The Morgan fingerprint density at radius 1 is 1.06 bits per heavy atom. The number of hydrogen-bond donors (Lipinski definition) is 1. The van der Waals surface area contributed by atoms with E-state index >= 15 is 0 Å². The van der Waals surface area contributed by atoms with E-state index in [4.69, 9.17) is 5.73 Å². The molecule has 18 heavy (non-hydrogen) atoms. The Balaban J connectivity index is 2.46. The molecular weight excluding hydrogens is 224 g/mol. The smallest absolute Gasteiger partial charge is 0.255 e. The van der Waals surface area contributed by atoms with E-state index in [9.17, 15) is 4.79 Å². The minimum Gasteiger partial charge on any atom is -0.320 e. The van der Waals surface area contributed by atoms with Crippen LogP contribution in [0.4, 0.5) is 0 Å². The summed E-state index contributed by atoms with van der Waals surface area (Å²) < 4.78 is 1.63. The normalized spacial score (nSPS) is 12.4. The highest BCUT2D eigenvalue weighted by Gasteiger charge is 2.13. The van der Waals surface area contributed by atoms with Gasteiger partial charge in [0.2, 0.25) is 0 Å². The number of rotatable bonds is 2. The zero-order chi connectivity index (χ0) is 13.3. The van der Waals surface area contributed by atoms with Crippen LogP contribution in [0.2, 0.25) is 0 Å². The lowest BCUT2D eigenvalue weighted by Crippen LogP contribution is -2.28. The molecule has 3 nitrogen and oxygen atoms in total. The maximum atomic E-state index is 12.2. The van der Waals surface area contributed by atoms with Crippen LogP contribution in [-0.2, 0) is 7.05 Å². The minimum atomic E-state index is -0.370. The van der Waals surface area contributed by atoms with Gasteiger partial charge in [-0.25, -0.2) is 0 Å². The van der Waals surface area contributed by atoms with E-state index in [1.54, 1.807) is 11.6 Å². The summed E-state index contributed by atoms with van der Waals surface area (Å²) in [5.41, 5.74) is 9.85. The van der Waals surface area contributed by atoms with Gasteiger partial charge in [-0.15, -0.1) is 0 Å². The van der Waals surface area contributed by atoms with Gasteiger partial charge in [0.1, 0.15) is 0 Å². The molecule has 0 bridgehead atoms. The summed E-state index contributed by atoms with van der Waals surface area (Å²) in [4.78, 5) is 12.2. The van der Waals surface area contributed by atoms with Crippen molar-refractivity contribution in [3.8, 4) is 0 Å². The summed E-state index contributed by atoms with van der Waals surface area (Å²) in [7, 11) is 1.77. The number of nitrogens with two attached hydrogens (primary N) is 1. The molecule has 1 unspecified atom stereocenters. The van der Waals surface area contributed by atoms with Crippen molar-refractivity contribution in [3.63, 3.8) is 0 Å². The van der Waals surface area contributed by atoms with Crippen LogP contribution in [0.5, 0.6) is 0 Å². The molecule has 0 spiro atoms. The molecule has 0 fully saturated rings. The van der Waals surface area contributed by atoms with Gasteiger partial charge in [-0.2, -0.15) is 0 Å². The predicted molar refractivity (Wildman–Crippen MR) is 73.6 cm³/mol. The van der Waals surface area contributed by atoms with Crippen LogP contribution in [0.1, 0.15) is 28.4 Å². The third-order valence-corrected chi connectivity index (χ3v) is 3.36. The maximum absolute atomic E-state index is 12.2. The van der Waals surface area contributed by atoms with Crippen LogP contribution in [0.15, 0.2) is 41.2 Å². The lowest BCUT2D eigenvalue weighted by molar-refractivity contribution is 0.762. The molecule has 1 heterocycles. The van der Waals surface area contributed by atoms with E-state index < -0.39 is 0 Å². The highest BCUT2D eigenvalue weighted by molar-refractivity contribution is 5.32. The lowest BCUT2D eigenvalue weighted by Gasteiger charge is -2.14. The molecule has 0 saturated heterocycles. The highest BCUT2D eigenvalue weighted by atomic mass is 16.1. The molecule has 0 aliphatic rings. The second-order valence-electron chi connectivity index (χ2n) is 4.68. The first kappa shape index (κ1) is 12.6. The van der Waals surface area contributed by atoms with E-state index in [1.165, 1.54) is 5.56 Å². The van der Waals surface area contributed by atoms with Crippen LogP contribution >= 0.6 is 0 Å². The monoisotopic (exact) mass is 242 g/mol. The van der Waals surface area contributed by atoms with E-state index in [1.807, 2.05) is 50.2 Å². The summed E-state index contributed by atoms with van der Waals surface area (Å²) in [6.07, 6.45) is 0. The van der Waals surface area contributed by atoms with Gasteiger partial charge in [0.05, 0.1) is 6.04 Å². The minimum absolute atomic E-state index is 0.0249. The highest BCUT2D eigenvalue weighted by Crippen LogP contribution is 2.17. The van der Waals surface area contributed by atoms with Gasteiger partial charge in [0.25, 0.3) is 5.56 Å². The van der Waals surface area contributed by atoms with E-state index in [-0.39, 0.29) is 11.6 Å². The second-order valence-corrected chi connectivity index (χ2v) is 4.68. The molecule has 2 N–H and O–H groups in total. The standard InChI is InChI=1S/C15H18N2O/c1-10-4-7-12(8-5-10)14(16)13-9-6-11(2)17(3)15(13)18/h4-9,14H,16H2,1-3H3. The molecule has 2 aromatic rings. The molecule has 0 radical (unpaired) electrons. The van der Waals surface area contributed by atoms with Crippen molar-refractivity contribution in [1.29, 1.82) is 0 Å². The van der Waals surface area contributed by atoms with Crippen LogP contribution in [-0.4, -0.2) is 4.57 Å². The average Bonchev–Trinajstić information content (AvgIpc) is 2.36. The summed E-state index contributed by atoms with van der Waals surface area (Å²) in [5, 5.41) is 0. The molecule has 2 rings (SSSR count). The molecule has 0 amide bonds. The number of aromatic nitrogens is 1. The molecule has 0 aliphatic heterocycles. The third-order valence-electron chi connectivity index (χ3n) is 3.36. The molecule has 3 heteroatoms. The van der Waals surface area contributed by atoms with Crippen molar-refractivity contribution in [2.45, 2.75) is 19.9 Å². The Hall–Kier alpha value is -1.87. The fourth-order valence-electron chi connectivity index (χ4n) is 1.94. The Bertz CT molecular complexity index is 611. The molecule has 0 aliphatic carbocycles. The fraction of sp³-hybridized carbons (Fsp3) is 0.267. The largest absolute Gasteiger partial charge is 0.320 e. The number of pyridine rings is 1. The van der Waals surface area contributed by atoms with Crippen molar-refractivity contribution in [2.24, 2.45) is 12.8 Å². The topological polar surface area (TPSA) is 48.0 Å². The Labute approximate surface area is 107 Å². The molecular formula is C15H18N2O. The second kappa shape index (κ2) is 4.78. The van der Waals surface area contributed by atoms with Gasteiger partial charge < -0.3 is 10.3 Å². The number of aryl methyl sites for hydroxylation is 2. The molecule has 94 valence electrons. The molecule has 1 atom stereocenters. The van der Waals surface area contributed by atoms with Gasteiger partial charge in [0.15, 0.2) is 0 Å². The van der Waals surface area contributed by atoms with Crippen LogP contribution in [0.3, 0.4) is 0 Å². The SMILES string of the molecule is Cc1ccc(C(N)c2ccc(C)n(C)c2=O)cc1. The van der Waals surface area contributed by atoms with Crippen LogP contribution in [0, 0.1) is 13.8 Å². The number of benzene rings is 1. The first-order chi connectivity index (χ1) is 8.50. The van der Waals surface area contributed by atoms with E-state index in [2.05, 4.69) is 0 Å². The molecule has 1 aromatic carbocycles. The molecule has 1 aromatic heterocycles. The van der Waals surface area contributed by atoms with E-state index in [0.29, 0.717) is 5.56 Å². The zero-order valence-corrected chi connectivity index (χ0v) is 11.0. The van der Waals surface area contributed by atoms with Gasteiger partial charge >= 0.3 is 0 Å². The summed E-state index contributed by atoms with van der Waals surface area (Å²) in [6.45, 7) is 3.93. The maximum Gasteiger partial charge on any atom is 0.255 e. The van der Waals surface area contributed by atoms with Crippen molar-refractivity contribution >= 4 is 0 Å². The van der Waals surface area contributed by atoms with Crippen LogP contribution in [0.25, 0.3) is 0 Å². The third kappa shape index (κ3) is 2.22. The summed E-state index contributed by atoms with van der Waals surface area (Å²) in [6, 6.07) is 11.3. The first-order valence-corrected chi connectivity index (χ1v) is 5.99. The molecule has 0 saturated carbocycles. The fourth-order valence-corrected chi connectivity index (χ4v) is 1.94. The average molecular weight is 242 g/mol. The Morgan fingerprint density at radius 3 is 2.28 bits per heavy atom. The van der Waals surface area contributed by atoms with Crippen LogP contribution < -0.4 is 11.3 Å². The Kier molecular flexibility index (Phi) is 3.34. The summed E-state index contributed by atoms with van der Waals surface area (Å²) in [5.74, 6) is 0. The zero-order valence-electron chi connectivity index (χ0n) is 11.0. The Morgan fingerprint density at radius 2 is 1.67 bits per heavy atom. The first-order valence-electron chi connectivity index (χ1n) is 5.99. The van der Waals surface area contributed by atoms with Gasteiger partial charge in [-0.1, -0.05) is 29.8 Å². The quantitative estimate of drug-likeness (QED) is 0.876. The van der Waals surface area contributed by atoms with Crippen molar-refractivity contribution < 1.29 is 0 Å².